The highest BCUT2D eigenvalue weighted by molar-refractivity contribution is 6.91. The summed E-state index contributed by atoms with van der Waals surface area (Å²) in [6.07, 6.45) is 8.66. The monoisotopic (exact) mass is 728 g/mol. The molecular formula is C46H64N4Si2. The summed E-state index contributed by atoms with van der Waals surface area (Å²) >= 11 is 0. The van der Waals surface area contributed by atoms with Crippen molar-refractivity contribution in [2.45, 2.75) is 149 Å². The largest absolute Gasteiger partial charge is 0.357 e. The van der Waals surface area contributed by atoms with E-state index in [1.165, 1.54) is 0 Å². The minimum Gasteiger partial charge on any atom is -0.357 e. The standard InChI is InChI=1S/C46H64N4Si2/c1-29(2)51(30(3)4,31(5)6)27-25-35-37-17-21-41(47-37)45(13,14)43-23-19-39(49-43)36(26-28-52(32(7)8,33(9)10)34(11)12)40-20-24-44(50-40)46(15,16)42-22-18-38(35)48-42/h17-24,29-34,47,49H,1-16H3/b38-35-,40-36-. The number of aliphatic imine (C=N–C) groups is 2. The molecule has 5 rings (SSSR count). The Hall–Kier alpha value is -3.59. The van der Waals surface area contributed by atoms with Crippen molar-refractivity contribution in [1.82, 2.24) is 9.97 Å². The SMILES string of the molecule is CC(C)[Si](C#C/C1=C2\C=CC(=N2)C(C)(C)C2=N/C(=C(/C#C[Si](C(C)C)(C(C)C)C(C)C)c3ccc([nH]3)C(C)(C)c3ccc1[nH]3)C=C2)(C(C)C)C(C)C. The number of allylic oxidation sites excluding steroid dienone is 6. The van der Waals surface area contributed by atoms with Gasteiger partial charge in [-0.25, -0.2) is 0 Å². The lowest BCUT2D eigenvalue weighted by molar-refractivity contribution is 0.602. The maximum atomic E-state index is 5.35. The molecule has 0 atom stereocenters. The summed E-state index contributed by atoms with van der Waals surface area (Å²) in [5.41, 5.74) is 20.5. The zero-order valence-corrected chi connectivity index (χ0v) is 37.0. The van der Waals surface area contributed by atoms with Crippen LogP contribution in [0.4, 0.5) is 0 Å². The molecule has 0 radical (unpaired) electrons. The minimum atomic E-state index is -2.00. The summed E-state index contributed by atoms with van der Waals surface area (Å²) in [6, 6.07) is 8.86. The third-order valence-corrected chi connectivity index (χ3v) is 25.5. The number of rotatable bonds is 6. The van der Waals surface area contributed by atoms with Crippen LogP contribution in [0.1, 0.15) is 134 Å². The predicted octanol–water partition coefficient (Wildman–Crippen LogP) is 12.6. The lowest BCUT2D eigenvalue weighted by Gasteiger charge is -2.38. The van der Waals surface area contributed by atoms with Gasteiger partial charge >= 0.3 is 0 Å². The maximum absolute atomic E-state index is 5.35. The fourth-order valence-electron chi connectivity index (χ4n) is 9.53. The molecule has 0 saturated heterocycles. The molecular weight excluding hydrogens is 665 g/mol. The summed E-state index contributed by atoms with van der Waals surface area (Å²) < 4.78 is 0. The van der Waals surface area contributed by atoms with E-state index in [2.05, 4.69) is 192 Å². The van der Waals surface area contributed by atoms with Crippen LogP contribution in [0.15, 0.2) is 69.9 Å². The normalized spacial score (nSPS) is 21.0. The van der Waals surface area contributed by atoms with Crippen molar-refractivity contribution in [2.75, 3.05) is 0 Å². The predicted molar refractivity (Wildman–Crippen MR) is 232 cm³/mol. The van der Waals surface area contributed by atoms with E-state index in [1.807, 2.05) is 0 Å². The fourth-order valence-corrected chi connectivity index (χ4v) is 19.9. The maximum Gasteiger partial charge on any atom is 0.146 e. The number of fused-ring (bicyclic) bond motifs is 6. The van der Waals surface area contributed by atoms with Gasteiger partial charge in [-0.3, -0.25) is 9.98 Å². The number of hydrogen-bond acceptors (Lipinski definition) is 2. The van der Waals surface area contributed by atoms with Crippen LogP contribution in [0.3, 0.4) is 0 Å². The second kappa shape index (κ2) is 14.3. The molecule has 2 aromatic rings. The number of H-pyrrole nitrogens is 2. The zero-order chi connectivity index (χ0) is 38.6. The van der Waals surface area contributed by atoms with E-state index in [0.717, 1.165) is 56.7 Å². The Morgan fingerprint density at radius 1 is 0.481 bits per heavy atom. The van der Waals surface area contributed by atoms with E-state index in [0.29, 0.717) is 33.2 Å². The summed E-state index contributed by atoms with van der Waals surface area (Å²) in [7, 11) is -3.99. The molecule has 6 heteroatoms. The molecule has 3 aliphatic heterocycles. The molecule has 0 amide bonds. The smallest absolute Gasteiger partial charge is 0.146 e. The molecule has 0 spiro atoms. The van der Waals surface area contributed by atoms with Gasteiger partial charge in [0.1, 0.15) is 16.1 Å². The van der Waals surface area contributed by atoms with Crippen LogP contribution in [0.5, 0.6) is 0 Å². The molecule has 0 fully saturated rings. The number of aromatic amines is 2. The van der Waals surface area contributed by atoms with E-state index in [-0.39, 0.29) is 5.41 Å². The van der Waals surface area contributed by atoms with Gasteiger partial charge in [-0.05, 0) is 110 Å². The molecule has 3 aliphatic rings. The number of nitrogens with one attached hydrogen (secondary N) is 2. The van der Waals surface area contributed by atoms with E-state index in [4.69, 9.17) is 9.98 Å². The molecule has 0 aliphatic carbocycles. The van der Waals surface area contributed by atoms with E-state index >= 15 is 0 Å². The van der Waals surface area contributed by atoms with Crippen molar-refractivity contribution < 1.29 is 0 Å². The Labute approximate surface area is 318 Å². The summed E-state index contributed by atoms with van der Waals surface area (Å²) in [4.78, 5) is 18.4. The van der Waals surface area contributed by atoms with Crippen LogP contribution in [0.25, 0.3) is 11.1 Å². The third-order valence-electron chi connectivity index (χ3n) is 12.9. The molecule has 2 aromatic heterocycles. The van der Waals surface area contributed by atoms with Crippen molar-refractivity contribution >= 4 is 38.7 Å². The lowest BCUT2D eigenvalue weighted by atomic mass is 9.82. The molecule has 8 bridgehead atoms. The van der Waals surface area contributed by atoms with Gasteiger partial charge in [0.25, 0.3) is 0 Å². The summed E-state index contributed by atoms with van der Waals surface area (Å²) in [5.74, 6) is 7.61. The Balaban J connectivity index is 1.80. The fraction of sp³-hybridized carbons (Fsp3) is 0.522. The number of nitrogens with zero attached hydrogens (tertiary/aromatic N) is 2. The van der Waals surface area contributed by atoms with Crippen molar-refractivity contribution in [2.24, 2.45) is 15.4 Å². The first-order chi connectivity index (χ1) is 24.2. The zero-order valence-electron chi connectivity index (χ0n) is 35.0. The van der Waals surface area contributed by atoms with Crippen LogP contribution in [-0.2, 0) is 5.41 Å². The van der Waals surface area contributed by atoms with Gasteiger partial charge in [-0.1, -0.05) is 94.9 Å². The average Bonchev–Trinajstić information content (AvgIpc) is 3.87. The Morgan fingerprint density at radius 2 is 0.808 bits per heavy atom. The molecule has 2 N–H and O–H groups in total. The van der Waals surface area contributed by atoms with E-state index in [9.17, 15) is 0 Å². The second-order valence-electron chi connectivity index (χ2n) is 18.3. The highest BCUT2D eigenvalue weighted by Gasteiger charge is 2.43. The molecule has 52 heavy (non-hydrogen) atoms. The van der Waals surface area contributed by atoms with Crippen molar-refractivity contribution in [1.29, 1.82) is 0 Å². The first-order valence-electron chi connectivity index (χ1n) is 19.7. The van der Waals surface area contributed by atoms with Crippen LogP contribution in [-0.4, -0.2) is 37.5 Å². The Morgan fingerprint density at radius 3 is 1.12 bits per heavy atom. The Kier molecular flexibility index (Phi) is 10.9. The molecule has 0 aromatic carbocycles. The average molecular weight is 729 g/mol. The summed E-state index contributed by atoms with van der Waals surface area (Å²) in [5, 5.41) is 0. The van der Waals surface area contributed by atoms with Gasteiger partial charge in [0.05, 0.1) is 45.4 Å². The third kappa shape index (κ3) is 6.60. The van der Waals surface area contributed by atoms with Gasteiger partial charge in [-0.15, -0.1) is 11.1 Å². The quantitative estimate of drug-likeness (QED) is 0.220. The van der Waals surface area contributed by atoms with Crippen LogP contribution in [0, 0.1) is 28.3 Å². The van der Waals surface area contributed by atoms with Gasteiger partial charge in [0.15, 0.2) is 0 Å². The van der Waals surface area contributed by atoms with Gasteiger partial charge in [0, 0.05) is 22.2 Å². The van der Waals surface area contributed by atoms with Crippen molar-refractivity contribution in [3.63, 3.8) is 0 Å². The van der Waals surface area contributed by atoms with Gasteiger partial charge in [-0.2, -0.15) is 0 Å². The minimum absolute atomic E-state index is 0.333. The van der Waals surface area contributed by atoms with Crippen LogP contribution >= 0.6 is 0 Å². The van der Waals surface area contributed by atoms with Crippen LogP contribution in [0.2, 0.25) is 33.2 Å². The first kappa shape index (κ1) is 39.6. The van der Waals surface area contributed by atoms with Crippen molar-refractivity contribution in [3.8, 4) is 22.9 Å². The first-order valence-corrected chi connectivity index (χ1v) is 24.2. The topological polar surface area (TPSA) is 56.3 Å². The van der Waals surface area contributed by atoms with E-state index < -0.39 is 21.6 Å². The number of aromatic nitrogens is 2. The van der Waals surface area contributed by atoms with Crippen LogP contribution < -0.4 is 0 Å². The highest BCUT2D eigenvalue weighted by atomic mass is 28.3. The van der Waals surface area contributed by atoms with Gasteiger partial charge in [0.2, 0.25) is 0 Å². The van der Waals surface area contributed by atoms with Crippen molar-refractivity contribution in [3.05, 3.63) is 82.7 Å². The number of hydrogen-bond donors (Lipinski definition) is 2. The highest BCUT2D eigenvalue weighted by Crippen LogP contribution is 2.43. The molecule has 0 saturated carbocycles. The Bertz CT molecular complexity index is 1830. The van der Waals surface area contributed by atoms with Gasteiger partial charge < -0.3 is 9.97 Å². The molecule has 276 valence electrons. The second-order valence-corrected chi connectivity index (χ2v) is 29.5. The molecule has 5 heterocycles. The van der Waals surface area contributed by atoms with E-state index in [1.54, 1.807) is 0 Å². The molecule has 0 unspecified atom stereocenters. The summed E-state index contributed by atoms with van der Waals surface area (Å²) in [6.45, 7) is 37.5. The lowest BCUT2D eigenvalue weighted by Crippen LogP contribution is -2.43. The molecule has 4 nitrogen and oxygen atoms in total.